The van der Waals surface area contributed by atoms with Crippen molar-refractivity contribution in [3.8, 4) is 5.75 Å². The van der Waals surface area contributed by atoms with E-state index in [0.29, 0.717) is 31.7 Å². The van der Waals surface area contributed by atoms with Crippen molar-refractivity contribution in [1.29, 1.82) is 0 Å². The average Bonchev–Trinajstić information content (AvgIpc) is 2.79. The van der Waals surface area contributed by atoms with Gasteiger partial charge in [-0.2, -0.15) is 0 Å². The summed E-state index contributed by atoms with van der Waals surface area (Å²) in [5.74, 6) is -0.135. The quantitative estimate of drug-likeness (QED) is 0.478. The normalized spacial score (nSPS) is 14.1. The fourth-order valence-electron chi connectivity index (χ4n) is 3.53. The summed E-state index contributed by atoms with van der Waals surface area (Å²) in [4.78, 5) is 37.0. The highest BCUT2D eigenvalue weighted by Crippen LogP contribution is 2.29. The molecule has 1 aliphatic heterocycles. The number of carbonyl (C=O) groups excluding carboxylic acids is 2. The Morgan fingerprint density at radius 3 is 2.62 bits per heavy atom. The topological polar surface area (TPSA) is 102 Å². The number of halogens is 1. The van der Waals surface area contributed by atoms with Crippen molar-refractivity contribution in [2.45, 2.75) is 24.6 Å². The van der Waals surface area contributed by atoms with Crippen LogP contribution in [-0.4, -0.2) is 53.6 Å². The molecule has 0 spiro atoms. The first-order chi connectivity index (χ1) is 15.4. The summed E-state index contributed by atoms with van der Waals surface area (Å²) in [6.45, 7) is 0.890. The Morgan fingerprint density at radius 2 is 1.97 bits per heavy atom. The molecule has 2 aromatic rings. The van der Waals surface area contributed by atoms with Crippen LogP contribution in [-0.2, 0) is 10.5 Å². The Hall–Kier alpha value is -3.14. The van der Waals surface area contributed by atoms with Gasteiger partial charge in [0, 0.05) is 31.0 Å². The zero-order valence-electron chi connectivity index (χ0n) is 17.6. The molecule has 1 aliphatic rings. The van der Waals surface area contributed by atoms with Crippen molar-refractivity contribution in [1.82, 2.24) is 10.2 Å². The van der Waals surface area contributed by atoms with Gasteiger partial charge in [-0.15, -0.1) is 11.8 Å². The first-order valence-electron chi connectivity index (χ1n) is 10.1. The molecule has 1 heterocycles. The number of benzene rings is 2. The number of carbonyl (C=O) groups is 2. The third-order valence-corrected chi connectivity index (χ3v) is 6.20. The predicted octanol–water partition coefficient (Wildman–Crippen LogP) is 3.40. The molecule has 0 saturated carbocycles. The summed E-state index contributed by atoms with van der Waals surface area (Å²) in [6, 6.07) is 10.6. The van der Waals surface area contributed by atoms with E-state index in [-0.39, 0.29) is 40.6 Å². The number of hydrogen-bond acceptors (Lipinski definition) is 6. The Labute approximate surface area is 189 Å². The van der Waals surface area contributed by atoms with Gasteiger partial charge in [0.1, 0.15) is 5.82 Å². The third-order valence-electron chi connectivity index (χ3n) is 5.19. The summed E-state index contributed by atoms with van der Waals surface area (Å²) in [5.41, 5.74) is 0.687. The monoisotopic (exact) mass is 461 g/mol. The van der Waals surface area contributed by atoms with E-state index in [1.54, 1.807) is 29.2 Å². The molecule has 170 valence electrons. The molecule has 1 saturated heterocycles. The minimum absolute atomic E-state index is 0.0464. The molecule has 1 fully saturated rings. The molecular weight excluding hydrogens is 437 g/mol. The van der Waals surface area contributed by atoms with E-state index in [4.69, 9.17) is 4.74 Å². The van der Waals surface area contributed by atoms with E-state index in [1.807, 2.05) is 0 Å². The molecule has 3 rings (SSSR count). The highest BCUT2D eigenvalue weighted by Gasteiger charge is 2.26. The van der Waals surface area contributed by atoms with Gasteiger partial charge in [0.2, 0.25) is 5.91 Å². The van der Waals surface area contributed by atoms with Crippen LogP contribution in [0.1, 0.15) is 28.8 Å². The highest BCUT2D eigenvalue weighted by molar-refractivity contribution is 7.99. The van der Waals surface area contributed by atoms with Crippen LogP contribution in [0.15, 0.2) is 42.5 Å². The second-order valence-corrected chi connectivity index (χ2v) is 8.36. The predicted molar refractivity (Wildman–Crippen MR) is 119 cm³/mol. The lowest BCUT2D eigenvalue weighted by molar-refractivity contribution is -0.385. The number of ether oxygens (including phenoxy) is 1. The highest BCUT2D eigenvalue weighted by atomic mass is 32.2. The van der Waals surface area contributed by atoms with Gasteiger partial charge in [-0.05, 0) is 36.6 Å². The van der Waals surface area contributed by atoms with Crippen molar-refractivity contribution in [2.24, 2.45) is 0 Å². The smallest absolute Gasteiger partial charge is 0.311 e. The van der Waals surface area contributed by atoms with Crippen molar-refractivity contribution in [3.63, 3.8) is 0 Å². The van der Waals surface area contributed by atoms with E-state index in [1.165, 1.54) is 37.1 Å². The molecule has 1 N–H and O–H groups in total. The standard InChI is InChI=1S/C22H24FN3O5S/c1-31-20-7-6-15(12-19(20)26(29)30)13-32-14-21(27)24-16-8-10-25(11-9-16)22(28)17-4-2-3-5-18(17)23/h2-7,12,16H,8-11,13-14H2,1H3,(H,24,27). The fraction of sp³-hybridized carbons (Fsp3) is 0.364. The number of nitro benzene ring substituents is 1. The zero-order chi connectivity index (χ0) is 23.1. The van der Waals surface area contributed by atoms with Gasteiger partial charge in [-0.3, -0.25) is 19.7 Å². The number of nitro groups is 1. The van der Waals surface area contributed by atoms with E-state index >= 15 is 0 Å². The molecular formula is C22H24FN3O5S. The van der Waals surface area contributed by atoms with Gasteiger partial charge in [0.25, 0.3) is 5.91 Å². The molecule has 0 aliphatic carbocycles. The van der Waals surface area contributed by atoms with Gasteiger partial charge in [-0.1, -0.05) is 18.2 Å². The average molecular weight is 462 g/mol. The van der Waals surface area contributed by atoms with Crippen molar-refractivity contribution in [2.75, 3.05) is 26.0 Å². The Bertz CT molecular complexity index is 995. The van der Waals surface area contributed by atoms with Gasteiger partial charge in [0.05, 0.1) is 23.3 Å². The number of likely N-dealkylation sites (tertiary alicyclic amines) is 1. The van der Waals surface area contributed by atoms with Crippen LogP contribution in [0.2, 0.25) is 0 Å². The second kappa shape index (κ2) is 10.9. The van der Waals surface area contributed by atoms with Crippen LogP contribution in [0.4, 0.5) is 10.1 Å². The maximum Gasteiger partial charge on any atom is 0.311 e. The Kier molecular flexibility index (Phi) is 8.04. The lowest BCUT2D eigenvalue weighted by Crippen LogP contribution is -2.47. The van der Waals surface area contributed by atoms with E-state index in [9.17, 15) is 24.1 Å². The lowest BCUT2D eigenvalue weighted by Gasteiger charge is -2.32. The van der Waals surface area contributed by atoms with Crippen LogP contribution in [0.25, 0.3) is 0 Å². The maximum atomic E-state index is 13.8. The van der Waals surface area contributed by atoms with Crippen LogP contribution < -0.4 is 10.1 Å². The first-order valence-corrected chi connectivity index (χ1v) is 11.3. The summed E-state index contributed by atoms with van der Waals surface area (Å²) < 4.78 is 18.8. The molecule has 8 nitrogen and oxygen atoms in total. The SMILES string of the molecule is COc1ccc(CSCC(=O)NC2CCN(C(=O)c3ccccc3F)CC2)cc1[N+](=O)[O-]. The van der Waals surface area contributed by atoms with Crippen LogP contribution in [0.5, 0.6) is 5.75 Å². The molecule has 32 heavy (non-hydrogen) atoms. The fourth-order valence-corrected chi connectivity index (χ4v) is 4.32. The van der Waals surface area contributed by atoms with Crippen LogP contribution in [0, 0.1) is 15.9 Å². The summed E-state index contributed by atoms with van der Waals surface area (Å²) in [7, 11) is 1.38. The van der Waals surface area contributed by atoms with Gasteiger partial charge in [0.15, 0.2) is 5.75 Å². The van der Waals surface area contributed by atoms with Crippen LogP contribution in [0.3, 0.4) is 0 Å². The van der Waals surface area contributed by atoms with Crippen molar-refractivity contribution < 1.29 is 23.6 Å². The molecule has 2 aromatic carbocycles. The molecule has 2 amide bonds. The molecule has 0 aromatic heterocycles. The van der Waals surface area contributed by atoms with Gasteiger partial charge < -0.3 is 15.0 Å². The molecule has 10 heteroatoms. The van der Waals surface area contributed by atoms with Gasteiger partial charge in [-0.25, -0.2) is 4.39 Å². The number of nitrogens with one attached hydrogen (secondary N) is 1. The summed E-state index contributed by atoms with van der Waals surface area (Å²) in [6.07, 6.45) is 1.20. The molecule has 0 atom stereocenters. The number of nitrogens with zero attached hydrogens (tertiary/aromatic N) is 2. The van der Waals surface area contributed by atoms with E-state index in [0.717, 1.165) is 5.56 Å². The summed E-state index contributed by atoms with van der Waals surface area (Å²) in [5, 5.41) is 14.1. The maximum absolute atomic E-state index is 13.8. The summed E-state index contributed by atoms with van der Waals surface area (Å²) >= 11 is 1.36. The number of rotatable bonds is 8. The number of thioether (sulfide) groups is 1. The van der Waals surface area contributed by atoms with E-state index in [2.05, 4.69) is 5.32 Å². The largest absolute Gasteiger partial charge is 0.490 e. The third kappa shape index (κ3) is 5.97. The minimum Gasteiger partial charge on any atom is -0.490 e. The second-order valence-electron chi connectivity index (χ2n) is 7.37. The van der Waals surface area contributed by atoms with Gasteiger partial charge >= 0.3 is 5.69 Å². The van der Waals surface area contributed by atoms with Crippen LogP contribution >= 0.6 is 11.8 Å². The van der Waals surface area contributed by atoms with E-state index < -0.39 is 10.7 Å². The molecule has 0 radical (unpaired) electrons. The number of amides is 2. The Morgan fingerprint density at radius 1 is 1.25 bits per heavy atom. The van der Waals surface area contributed by atoms with Crippen molar-refractivity contribution >= 4 is 29.3 Å². The van der Waals surface area contributed by atoms with Crippen molar-refractivity contribution in [3.05, 3.63) is 69.5 Å². The first kappa shape index (κ1) is 23.5. The zero-order valence-corrected chi connectivity index (χ0v) is 18.4. The lowest BCUT2D eigenvalue weighted by atomic mass is 10.0. The molecule has 0 bridgehead atoms. The molecule has 0 unspecified atom stereocenters. The number of hydrogen-bond donors (Lipinski definition) is 1. The number of piperidine rings is 1. The minimum atomic E-state index is -0.535. The Balaban J connectivity index is 1.42. The number of methoxy groups -OCH3 is 1.